The zero-order valence-electron chi connectivity index (χ0n) is 8.86. The first-order valence-corrected chi connectivity index (χ1v) is 6.53. The van der Waals surface area contributed by atoms with E-state index in [0.29, 0.717) is 0 Å². The molecule has 16 heavy (non-hydrogen) atoms. The fourth-order valence-corrected chi connectivity index (χ4v) is 2.42. The van der Waals surface area contributed by atoms with Gasteiger partial charge in [-0.05, 0) is 43.1 Å². The number of hydrogen-bond acceptors (Lipinski definition) is 3. The predicted molar refractivity (Wildman–Crippen MR) is 71.5 cm³/mol. The van der Waals surface area contributed by atoms with Crippen molar-refractivity contribution in [2.45, 2.75) is 11.1 Å². The minimum absolute atomic E-state index is 1.04. The molecule has 3 heteroatoms. The summed E-state index contributed by atoms with van der Waals surface area (Å²) in [6.45, 7) is 2.07. The van der Waals surface area contributed by atoms with Crippen LogP contribution in [0.2, 0.25) is 0 Å². The molecule has 0 aliphatic heterocycles. The molecule has 0 spiro atoms. The van der Waals surface area contributed by atoms with E-state index < -0.39 is 0 Å². The predicted octanol–water partition coefficient (Wildman–Crippen LogP) is 3.42. The highest BCUT2D eigenvalue weighted by molar-refractivity contribution is 7.99. The summed E-state index contributed by atoms with van der Waals surface area (Å²) in [5.74, 6) is 6.27. The van der Waals surface area contributed by atoms with E-state index in [9.17, 15) is 0 Å². The van der Waals surface area contributed by atoms with Crippen molar-refractivity contribution in [3.05, 3.63) is 52.4 Å². The highest BCUT2D eigenvalue weighted by atomic mass is 32.2. The van der Waals surface area contributed by atoms with Crippen LogP contribution in [0.15, 0.2) is 40.6 Å². The second-order valence-corrected chi connectivity index (χ2v) is 5.37. The van der Waals surface area contributed by atoms with Crippen LogP contribution in [0.1, 0.15) is 16.0 Å². The van der Waals surface area contributed by atoms with Gasteiger partial charge in [-0.1, -0.05) is 29.5 Å². The van der Waals surface area contributed by atoms with Gasteiger partial charge in [0.05, 0.1) is 9.09 Å². The van der Waals surface area contributed by atoms with E-state index >= 15 is 0 Å². The van der Waals surface area contributed by atoms with E-state index in [2.05, 4.69) is 30.9 Å². The van der Waals surface area contributed by atoms with Crippen molar-refractivity contribution in [3.8, 4) is 11.8 Å². The molecule has 0 saturated heterocycles. The second-order valence-electron chi connectivity index (χ2n) is 3.35. The van der Waals surface area contributed by atoms with Gasteiger partial charge in [0.2, 0.25) is 0 Å². The van der Waals surface area contributed by atoms with Crippen LogP contribution in [0.25, 0.3) is 0 Å². The van der Waals surface area contributed by atoms with Gasteiger partial charge in [-0.25, -0.2) is 0 Å². The molecule has 0 bridgehead atoms. The van der Waals surface area contributed by atoms with Gasteiger partial charge >= 0.3 is 0 Å². The van der Waals surface area contributed by atoms with Crippen molar-refractivity contribution >= 4 is 23.3 Å². The molecule has 0 fully saturated rings. The zero-order valence-corrected chi connectivity index (χ0v) is 10.5. The van der Waals surface area contributed by atoms with E-state index in [1.54, 1.807) is 11.3 Å². The lowest BCUT2D eigenvalue weighted by Gasteiger charge is -1.90. The Balaban J connectivity index is 2.18. The molecule has 2 N–H and O–H groups in total. The Kier molecular flexibility index (Phi) is 3.68. The second kappa shape index (κ2) is 5.22. The molecule has 1 aromatic carbocycles. The first-order valence-electron chi connectivity index (χ1n) is 4.83. The van der Waals surface area contributed by atoms with Gasteiger partial charge in [-0.2, -0.15) is 0 Å². The van der Waals surface area contributed by atoms with Crippen LogP contribution in [0.3, 0.4) is 0 Å². The fraction of sp³-hybridized carbons (Fsp3) is 0.0769. The Hall–Kier alpha value is -1.21. The lowest BCUT2D eigenvalue weighted by atomic mass is 10.1. The first-order chi connectivity index (χ1) is 7.78. The van der Waals surface area contributed by atoms with Crippen molar-refractivity contribution in [1.82, 2.24) is 0 Å². The van der Waals surface area contributed by atoms with E-state index in [4.69, 9.17) is 5.14 Å². The Morgan fingerprint density at radius 2 is 1.81 bits per heavy atom. The van der Waals surface area contributed by atoms with E-state index in [1.807, 2.05) is 24.3 Å². The zero-order chi connectivity index (χ0) is 11.4. The van der Waals surface area contributed by atoms with Crippen molar-refractivity contribution in [3.63, 3.8) is 0 Å². The summed E-state index contributed by atoms with van der Waals surface area (Å²) in [6, 6.07) is 12.2. The average Bonchev–Trinajstić information content (AvgIpc) is 2.76. The molecule has 0 aliphatic rings. The molecule has 1 nitrogen and oxygen atoms in total. The van der Waals surface area contributed by atoms with Gasteiger partial charge < -0.3 is 0 Å². The summed E-state index contributed by atoms with van der Waals surface area (Å²) < 4.78 is 1.09. The van der Waals surface area contributed by atoms with Crippen LogP contribution in [-0.2, 0) is 0 Å². The van der Waals surface area contributed by atoms with Crippen LogP contribution in [0.5, 0.6) is 0 Å². The van der Waals surface area contributed by atoms with Crippen molar-refractivity contribution in [1.29, 1.82) is 0 Å². The summed E-state index contributed by atoms with van der Waals surface area (Å²) in [6.07, 6.45) is 0. The lowest BCUT2D eigenvalue weighted by molar-refractivity contribution is 1.46. The molecular formula is C13H11NS2. The van der Waals surface area contributed by atoms with Crippen LogP contribution < -0.4 is 5.14 Å². The maximum Gasteiger partial charge on any atom is 0.0784 e. The highest BCUT2D eigenvalue weighted by Crippen LogP contribution is 2.22. The molecule has 0 radical (unpaired) electrons. The molecular weight excluding hydrogens is 234 g/mol. The SMILES string of the molecule is Cc1ccc(C#Cc2ccc(SN)s2)cc1. The molecule has 2 rings (SSSR count). The molecule has 1 aromatic heterocycles. The Morgan fingerprint density at radius 1 is 1.06 bits per heavy atom. The highest BCUT2D eigenvalue weighted by Gasteiger charge is 1.95. The number of aryl methyl sites for hydroxylation is 1. The third-order valence-corrected chi connectivity index (χ3v) is 3.78. The van der Waals surface area contributed by atoms with Gasteiger partial charge in [0, 0.05) is 5.56 Å². The van der Waals surface area contributed by atoms with Gasteiger partial charge in [-0.15, -0.1) is 11.3 Å². The maximum atomic E-state index is 5.47. The Morgan fingerprint density at radius 3 is 2.44 bits per heavy atom. The molecule has 1 heterocycles. The minimum atomic E-state index is 1.04. The largest absolute Gasteiger partial charge is 0.273 e. The Bertz CT molecular complexity index is 529. The molecule has 0 atom stereocenters. The summed E-state index contributed by atoms with van der Waals surface area (Å²) >= 11 is 2.88. The quantitative estimate of drug-likeness (QED) is 0.615. The maximum absolute atomic E-state index is 5.47. The number of nitrogens with two attached hydrogens (primary N) is 1. The summed E-state index contributed by atoms with van der Waals surface area (Å²) in [4.78, 5) is 1.05. The van der Waals surface area contributed by atoms with Crippen LogP contribution in [-0.4, -0.2) is 0 Å². The summed E-state index contributed by atoms with van der Waals surface area (Å²) in [7, 11) is 0. The smallest absolute Gasteiger partial charge is 0.0784 e. The Labute approximate surface area is 104 Å². The third-order valence-electron chi connectivity index (χ3n) is 2.08. The molecule has 0 unspecified atom stereocenters. The fourth-order valence-electron chi connectivity index (χ4n) is 1.22. The molecule has 80 valence electrons. The number of hydrogen-bond donors (Lipinski definition) is 1. The molecule has 0 aliphatic carbocycles. The number of benzene rings is 1. The number of rotatable bonds is 1. The average molecular weight is 245 g/mol. The van der Waals surface area contributed by atoms with Gasteiger partial charge in [0.25, 0.3) is 0 Å². The topological polar surface area (TPSA) is 26.0 Å². The third kappa shape index (κ3) is 2.89. The molecule has 2 aromatic rings. The summed E-state index contributed by atoms with van der Waals surface area (Å²) in [5.41, 5.74) is 2.30. The van der Waals surface area contributed by atoms with Crippen LogP contribution in [0.4, 0.5) is 0 Å². The first kappa shape index (κ1) is 11.3. The van der Waals surface area contributed by atoms with Crippen LogP contribution >= 0.6 is 23.3 Å². The van der Waals surface area contributed by atoms with Gasteiger partial charge in [0.1, 0.15) is 0 Å². The standard InChI is InChI=1S/C13H11NS2/c1-10-2-4-11(5-3-10)6-7-12-8-9-13(15-12)16-14/h2-5,8-9H,14H2,1H3. The van der Waals surface area contributed by atoms with Crippen molar-refractivity contribution in [2.75, 3.05) is 0 Å². The van der Waals surface area contributed by atoms with E-state index in [0.717, 1.165) is 14.6 Å². The van der Waals surface area contributed by atoms with Crippen molar-refractivity contribution < 1.29 is 0 Å². The minimum Gasteiger partial charge on any atom is -0.273 e. The monoisotopic (exact) mass is 245 g/mol. The normalized spacial score (nSPS) is 9.62. The summed E-state index contributed by atoms with van der Waals surface area (Å²) in [5, 5.41) is 5.47. The van der Waals surface area contributed by atoms with E-state index in [-0.39, 0.29) is 0 Å². The number of thiophene rings is 1. The van der Waals surface area contributed by atoms with E-state index in [1.165, 1.54) is 17.5 Å². The molecule has 0 saturated carbocycles. The van der Waals surface area contributed by atoms with Gasteiger partial charge in [-0.3, -0.25) is 5.14 Å². The van der Waals surface area contributed by atoms with Gasteiger partial charge in [0.15, 0.2) is 0 Å². The lowest BCUT2D eigenvalue weighted by Crippen LogP contribution is -1.74. The molecule has 0 amide bonds. The van der Waals surface area contributed by atoms with Crippen LogP contribution in [0, 0.1) is 18.8 Å². The van der Waals surface area contributed by atoms with Crippen molar-refractivity contribution in [2.24, 2.45) is 5.14 Å².